The quantitative estimate of drug-likeness (QED) is 0.872. The summed E-state index contributed by atoms with van der Waals surface area (Å²) in [5.74, 6) is -0.652. The number of rotatable bonds is 3. The summed E-state index contributed by atoms with van der Waals surface area (Å²) in [6.07, 6.45) is 2.67. The number of hydrogen-bond acceptors (Lipinski definition) is 3. The van der Waals surface area contributed by atoms with Crippen molar-refractivity contribution in [1.29, 1.82) is 0 Å². The van der Waals surface area contributed by atoms with E-state index in [-0.39, 0.29) is 17.7 Å². The Hall–Kier alpha value is -1.91. The summed E-state index contributed by atoms with van der Waals surface area (Å²) in [4.78, 5) is 25.3. The number of nitrogens with zero attached hydrogens (tertiary/aromatic N) is 1. The number of nitrogens with one attached hydrogen (secondary N) is 1. The molecule has 23 heavy (non-hydrogen) atoms. The Morgan fingerprint density at radius 1 is 1.22 bits per heavy atom. The first-order chi connectivity index (χ1) is 11.0. The van der Waals surface area contributed by atoms with Gasteiger partial charge in [-0.15, -0.1) is 0 Å². The van der Waals surface area contributed by atoms with Gasteiger partial charge in [-0.1, -0.05) is 19.1 Å². The number of amides is 2. The first kappa shape index (κ1) is 16.0. The van der Waals surface area contributed by atoms with Crippen LogP contribution in [-0.2, 0) is 9.59 Å². The van der Waals surface area contributed by atoms with E-state index in [2.05, 4.69) is 10.2 Å². The summed E-state index contributed by atoms with van der Waals surface area (Å²) in [5.41, 5.74) is 0.992. The van der Waals surface area contributed by atoms with Crippen LogP contribution in [-0.4, -0.2) is 30.6 Å². The number of carbonyl (C=O) groups excluding carboxylic acids is 2. The number of halogens is 1. The van der Waals surface area contributed by atoms with E-state index in [1.807, 2.05) is 31.2 Å². The summed E-state index contributed by atoms with van der Waals surface area (Å²) >= 11 is 0. The molecule has 0 radical (unpaired) electrons. The normalized spacial score (nSPS) is 24.4. The molecule has 1 unspecified atom stereocenters. The lowest BCUT2D eigenvalue weighted by atomic mass is 9.89. The Kier molecular flexibility index (Phi) is 4.37. The molecule has 0 aromatic heterocycles. The van der Waals surface area contributed by atoms with Crippen LogP contribution >= 0.6 is 0 Å². The van der Waals surface area contributed by atoms with E-state index in [0.717, 1.165) is 24.3 Å². The van der Waals surface area contributed by atoms with Gasteiger partial charge >= 0.3 is 0 Å². The van der Waals surface area contributed by atoms with Crippen molar-refractivity contribution in [3.05, 3.63) is 29.8 Å². The molecule has 1 aromatic carbocycles. The van der Waals surface area contributed by atoms with Crippen molar-refractivity contribution >= 4 is 17.5 Å². The summed E-state index contributed by atoms with van der Waals surface area (Å²) in [7, 11) is 0. The molecule has 1 aromatic rings. The monoisotopic (exact) mass is 318 g/mol. The van der Waals surface area contributed by atoms with Crippen LogP contribution in [0.15, 0.2) is 24.3 Å². The molecular weight excluding hydrogens is 295 g/mol. The van der Waals surface area contributed by atoms with Crippen molar-refractivity contribution in [2.45, 2.75) is 50.6 Å². The lowest BCUT2D eigenvalue weighted by Crippen LogP contribution is -2.41. The number of anilines is 1. The van der Waals surface area contributed by atoms with Gasteiger partial charge in [-0.3, -0.25) is 14.9 Å². The summed E-state index contributed by atoms with van der Waals surface area (Å²) in [6.45, 7) is 3.36. The molecule has 2 heterocycles. The maximum atomic E-state index is 14.3. The SMILES string of the molecule is CCC1(F)CCN(c2ccc(C3CCC(=O)NC3=O)cc2)CC1. The van der Waals surface area contributed by atoms with E-state index >= 15 is 0 Å². The van der Waals surface area contributed by atoms with Gasteiger partial charge in [-0.05, 0) is 43.4 Å². The number of hydrogen-bond donors (Lipinski definition) is 1. The molecule has 3 rings (SSSR count). The third-order valence-electron chi connectivity index (χ3n) is 5.19. The zero-order valence-corrected chi connectivity index (χ0v) is 13.5. The molecule has 0 bridgehead atoms. The number of benzene rings is 1. The van der Waals surface area contributed by atoms with E-state index in [4.69, 9.17) is 0 Å². The second kappa shape index (κ2) is 6.30. The van der Waals surface area contributed by atoms with Crippen molar-refractivity contribution in [2.75, 3.05) is 18.0 Å². The van der Waals surface area contributed by atoms with E-state index in [9.17, 15) is 14.0 Å². The van der Waals surface area contributed by atoms with Crippen LogP contribution < -0.4 is 10.2 Å². The second-order valence-corrected chi connectivity index (χ2v) is 6.59. The molecule has 2 amide bonds. The highest BCUT2D eigenvalue weighted by Crippen LogP contribution is 2.33. The molecular formula is C18H23FN2O2. The minimum Gasteiger partial charge on any atom is -0.371 e. The number of imide groups is 1. The average molecular weight is 318 g/mol. The van der Waals surface area contributed by atoms with Crippen molar-refractivity contribution < 1.29 is 14.0 Å². The summed E-state index contributed by atoms with van der Waals surface area (Å²) in [6, 6.07) is 7.89. The van der Waals surface area contributed by atoms with Crippen LogP contribution in [0.25, 0.3) is 0 Å². The molecule has 0 spiro atoms. The first-order valence-electron chi connectivity index (χ1n) is 8.38. The maximum absolute atomic E-state index is 14.3. The molecule has 124 valence electrons. The lowest BCUT2D eigenvalue weighted by molar-refractivity contribution is -0.134. The molecule has 1 atom stereocenters. The second-order valence-electron chi connectivity index (χ2n) is 6.59. The summed E-state index contributed by atoms with van der Waals surface area (Å²) < 4.78 is 14.3. The van der Waals surface area contributed by atoms with Crippen molar-refractivity contribution in [2.24, 2.45) is 0 Å². The highest BCUT2D eigenvalue weighted by molar-refractivity contribution is 6.00. The van der Waals surface area contributed by atoms with Crippen LogP contribution in [0, 0.1) is 0 Å². The van der Waals surface area contributed by atoms with Gasteiger partial charge in [0.1, 0.15) is 5.67 Å². The molecule has 2 fully saturated rings. The highest BCUT2D eigenvalue weighted by atomic mass is 19.1. The largest absolute Gasteiger partial charge is 0.371 e. The number of piperidine rings is 2. The van der Waals surface area contributed by atoms with Crippen molar-refractivity contribution in [3.8, 4) is 0 Å². The average Bonchev–Trinajstić information content (AvgIpc) is 2.56. The number of alkyl halides is 1. The fraction of sp³-hybridized carbons (Fsp3) is 0.556. The van der Waals surface area contributed by atoms with E-state index in [1.54, 1.807) is 0 Å². The Morgan fingerprint density at radius 3 is 2.43 bits per heavy atom. The van der Waals surface area contributed by atoms with Crippen LogP contribution in [0.5, 0.6) is 0 Å². The predicted molar refractivity (Wildman–Crippen MR) is 87.1 cm³/mol. The van der Waals surface area contributed by atoms with Gasteiger partial charge in [0, 0.05) is 25.2 Å². The molecule has 2 aliphatic rings. The first-order valence-corrected chi connectivity index (χ1v) is 8.38. The minimum atomic E-state index is -1.01. The Balaban J connectivity index is 1.66. The topological polar surface area (TPSA) is 49.4 Å². The van der Waals surface area contributed by atoms with Gasteiger partial charge in [0.05, 0.1) is 5.92 Å². The highest BCUT2D eigenvalue weighted by Gasteiger charge is 2.33. The number of carbonyl (C=O) groups is 2. The third-order valence-corrected chi connectivity index (χ3v) is 5.19. The van der Waals surface area contributed by atoms with Crippen LogP contribution in [0.2, 0.25) is 0 Å². The Labute approximate surface area is 136 Å². The molecule has 5 heteroatoms. The molecule has 0 saturated carbocycles. The summed E-state index contributed by atoms with van der Waals surface area (Å²) in [5, 5.41) is 2.39. The minimum absolute atomic E-state index is 0.193. The zero-order valence-electron chi connectivity index (χ0n) is 13.5. The van der Waals surface area contributed by atoms with Gasteiger partial charge in [-0.25, -0.2) is 4.39 Å². The molecule has 4 nitrogen and oxygen atoms in total. The predicted octanol–water partition coefficient (Wildman–Crippen LogP) is 2.93. The third kappa shape index (κ3) is 3.38. The van der Waals surface area contributed by atoms with Crippen molar-refractivity contribution in [1.82, 2.24) is 5.32 Å². The lowest BCUT2D eigenvalue weighted by Gasteiger charge is -2.37. The fourth-order valence-electron chi connectivity index (χ4n) is 3.45. The Morgan fingerprint density at radius 2 is 1.87 bits per heavy atom. The van der Waals surface area contributed by atoms with Crippen LogP contribution in [0.4, 0.5) is 10.1 Å². The van der Waals surface area contributed by atoms with Gasteiger partial charge in [0.2, 0.25) is 11.8 Å². The van der Waals surface area contributed by atoms with E-state index in [0.29, 0.717) is 32.1 Å². The molecule has 2 saturated heterocycles. The van der Waals surface area contributed by atoms with Gasteiger partial charge in [0.15, 0.2) is 0 Å². The van der Waals surface area contributed by atoms with Gasteiger partial charge in [0.25, 0.3) is 0 Å². The van der Waals surface area contributed by atoms with E-state index < -0.39 is 5.67 Å². The van der Waals surface area contributed by atoms with Crippen molar-refractivity contribution in [3.63, 3.8) is 0 Å². The fourth-order valence-corrected chi connectivity index (χ4v) is 3.45. The molecule has 1 N–H and O–H groups in total. The smallest absolute Gasteiger partial charge is 0.234 e. The molecule has 2 aliphatic heterocycles. The van der Waals surface area contributed by atoms with Gasteiger partial charge < -0.3 is 4.90 Å². The van der Waals surface area contributed by atoms with E-state index in [1.165, 1.54) is 0 Å². The zero-order chi connectivity index (χ0) is 16.4. The standard InChI is InChI=1S/C18H23FN2O2/c1-2-18(19)9-11-21(12-10-18)14-5-3-13(4-6-14)15-7-8-16(22)20-17(15)23/h3-6,15H,2,7-12H2,1H3,(H,20,22,23). The van der Waals surface area contributed by atoms with Crippen LogP contribution in [0.1, 0.15) is 50.5 Å². The molecule has 0 aliphatic carbocycles. The van der Waals surface area contributed by atoms with Gasteiger partial charge in [-0.2, -0.15) is 0 Å². The van der Waals surface area contributed by atoms with Crippen LogP contribution in [0.3, 0.4) is 0 Å². The Bertz CT molecular complexity index is 592. The maximum Gasteiger partial charge on any atom is 0.234 e.